The molecule has 1 aliphatic rings. The van der Waals surface area contributed by atoms with Crippen LogP contribution in [0.5, 0.6) is 5.75 Å². The maximum Gasteiger partial charge on any atom is 0.261 e. The summed E-state index contributed by atoms with van der Waals surface area (Å²) in [7, 11) is 0. The second-order valence-electron chi connectivity index (χ2n) is 6.27. The molecule has 1 atom stereocenters. The molecular weight excluding hydrogens is 373 g/mol. The molecule has 2 heterocycles. The van der Waals surface area contributed by atoms with Gasteiger partial charge in [0.05, 0.1) is 5.02 Å². The van der Waals surface area contributed by atoms with Crippen molar-refractivity contribution in [2.45, 2.75) is 32.4 Å². The molecule has 1 fully saturated rings. The van der Waals surface area contributed by atoms with E-state index < -0.39 is 6.10 Å². The van der Waals surface area contributed by atoms with Crippen molar-refractivity contribution in [3.05, 3.63) is 52.1 Å². The number of carbonyl (C=O) groups excluding carboxylic acids is 1. The molecule has 138 valence electrons. The van der Waals surface area contributed by atoms with Crippen LogP contribution in [0.25, 0.3) is 0 Å². The van der Waals surface area contributed by atoms with Gasteiger partial charge in [-0.3, -0.25) is 4.79 Å². The number of amides is 1. The number of aromatic nitrogens is 1. The van der Waals surface area contributed by atoms with Crippen molar-refractivity contribution in [2.75, 3.05) is 18.0 Å². The highest BCUT2D eigenvalue weighted by Crippen LogP contribution is 2.28. The highest BCUT2D eigenvalue weighted by molar-refractivity contribution is 6.35. The summed E-state index contributed by atoms with van der Waals surface area (Å²) in [4.78, 5) is 19.0. The normalized spacial score (nSPS) is 15.0. The van der Waals surface area contributed by atoms with Crippen molar-refractivity contribution in [3.8, 4) is 5.75 Å². The molecule has 1 aromatic carbocycles. The smallest absolute Gasteiger partial charge is 0.261 e. The lowest BCUT2D eigenvalue weighted by Gasteiger charge is -2.17. The molecular formula is C19H21Cl2N3O2. The molecule has 0 bridgehead atoms. The lowest BCUT2D eigenvalue weighted by Crippen LogP contribution is -2.36. The van der Waals surface area contributed by atoms with Crippen LogP contribution in [0.2, 0.25) is 10.0 Å². The van der Waals surface area contributed by atoms with Crippen molar-refractivity contribution in [2.24, 2.45) is 0 Å². The summed E-state index contributed by atoms with van der Waals surface area (Å²) in [6, 6.07) is 8.88. The Kier molecular flexibility index (Phi) is 6.22. The summed E-state index contributed by atoms with van der Waals surface area (Å²) in [6.45, 7) is 4.19. The van der Waals surface area contributed by atoms with Crippen LogP contribution in [0.1, 0.15) is 25.3 Å². The third-order valence-corrected chi connectivity index (χ3v) is 4.80. The number of ether oxygens (including phenoxy) is 1. The maximum atomic E-state index is 12.2. The SMILES string of the molecule is C[C@@H](Oc1ccc(Cl)cc1Cl)C(=O)NCc1ccc(N2CCCC2)nc1. The van der Waals surface area contributed by atoms with Crippen LogP contribution in [-0.2, 0) is 11.3 Å². The monoisotopic (exact) mass is 393 g/mol. The van der Waals surface area contributed by atoms with Crippen LogP contribution in [0.15, 0.2) is 36.5 Å². The van der Waals surface area contributed by atoms with E-state index in [0.717, 1.165) is 24.5 Å². The zero-order chi connectivity index (χ0) is 18.5. The first-order valence-electron chi connectivity index (χ1n) is 8.62. The van der Waals surface area contributed by atoms with E-state index in [0.29, 0.717) is 22.3 Å². The number of nitrogens with zero attached hydrogens (tertiary/aromatic N) is 2. The quantitative estimate of drug-likeness (QED) is 0.803. The largest absolute Gasteiger partial charge is 0.479 e. The zero-order valence-electron chi connectivity index (χ0n) is 14.5. The Morgan fingerprint density at radius 1 is 1.27 bits per heavy atom. The number of rotatable bonds is 6. The summed E-state index contributed by atoms with van der Waals surface area (Å²) in [5.74, 6) is 1.20. The Labute approximate surface area is 163 Å². The molecule has 1 saturated heterocycles. The number of nitrogens with one attached hydrogen (secondary N) is 1. The molecule has 0 radical (unpaired) electrons. The number of carbonyl (C=O) groups is 1. The van der Waals surface area contributed by atoms with Gasteiger partial charge in [-0.1, -0.05) is 29.3 Å². The summed E-state index contributed by atoms with van der Waals surface area (Å²) >= 11 is 11.9. The standard InChI is InChI=1S/C19H21Cl2N3O2/c1-13(26-17-6-5-15(20)10-16(17)21)19(25)23-12-14-4-7-18(22-11-14)24-8-2-3-9-24/h4-7,10-11,13H,2-3,8-9,12H2,1H3,(H,23,25)/t13-/m1/s1. The van der Waals surface area contributed by atoms with E-state index >= 15 is 0 Å². The van der Waals surface area contributed by atoms with E-state index in [2.05, 4.69) is 15.2 Å². The summed E-state index contributed by atoms with van der Waals surface area (Å²) in [5, 5.41) is 3.74. The van der Waals surface area contributed by atoms with Crippen LogP contribution in [0.3, 0.4) is 0 Å². The minimum atomic E-state index is -0.675. The van der Waals surface area contributed by atoms with Gasteiger partial charge in [0.15, 0.2) is 6.10 Å². The van der Waals surface area contributed by atoms with Gasteiger partial charge >= 0.3 is 0 Å². The Hall–Kier alpha value is -1.98. The van der Waals surface area contributed by atoms with Crippen molar-refractivity contribution in [3.63, 3.8) is 0 Å². The molecule has 2 aromatic rings. The number of hydrogen-bond acceptors (Lipinski definition) is 4. The third-order valence-electron chi connectivity index (χ3n) is 4.27. The van der Waals surface area contributed by atoms with Crippen molar-refractivity contribution in [1.29, 1.82) is 0 Å². The predicted octanol–water partition coefficient (Wildman–Crippen LogP) is 4.07. The Morgan fingerprint density at radius 2 is 2.04 bits per heavy atom. The fourth-order valence-corrected chi connectivity index (χ4v) is 3.26. The van der Waals surface area contributed by atoms with E-state index in [1.54, 1.807) is 31.3 Å². The van der Waals surface area contributed by atoms with E-state index in [-0.39, 0.29) is 5.91 Å². The van der Waals surface area contributed by atoms with Crippen molar-refractivity contribution >= 4 is 34.9 Å². The molecule has 26 heavy (non-hydrogen) atoms. The minimum absolute atomic E-state index is 0.223. The maximum absolute atomic E-state index is 12.2. The molecule has 0 saturated carbocycles. The van der Waals surface area contributed by atoms with Gasteiger partial charge in [-0.05, 0) is 49.6 Å². The van der Waals surface area contributed by atoms with Crippen LogP contribution in [0.4, 0.5) is 5.82 Å². The molecule has 1 aromatic heterocycles. The van der Waals surface area contributed by atoms with Crippen LogP contribution in [-0.4, -0.2) is 30.1 Å². The van der Waals surface area contributed by atoms with Gasteiger partial charge in [0.1, 0.15) is 11.6 Å². The predicted molar refractivity (Wildman–Crippen MR) is 104 cm³/mol. The van der Waals surface area contributed by atoms with Gasteiger partial charge < -0.3 is 15.0 Å². The minimum Gasteiger partial charge on any atom is -0.479 e. The van der Waals surface area contributed by atoms with Crippen molar-refractivity contribution in [1.82, 2.24) is 10.3 Å². The van der Waals surface area contributed by atoms with Gasteiger partial charge in [0.25, 0.3) is 5.91 Å². The van der Waals surface area contributed by atoms with E-state index in [4.69, 9.17) is 27.9 Å². The second kappa shape index (κ2) is 8.60. The fourth-order valence-electron chi connectivity index (χ4n) is 2.80. The molecule has 1 amide bonds. The highest BCUT2D eigenvalue weighted by atomic mass is 35.5. The number of pyridine rings is 1. The summed E-state index contributed by atoms with van der Waals surface area (Å²) in [5.41, 5.74) is 0.943. The van der Waals surface area contributed by atoms with Crippen LogP contribution >= 0.6 is 23.2 Å². The van der Waals surface area contributed by atoms with E-state index in [9.17, 15) is 4.79 Å². The first-order chi connectivity index (χ1) is 12.5. The topological polar surface area (TPSA) is 54.5 Å². The van der Waals surface area contributed by atoms with Gasteiger partial charge in [-0.2, -0.15) is 0 Å². The van der Waals surface area contributed by atoms with E-state index in [1.807, 2.05) is 12.1 Å². The summed E-state index contributed by atoms with van der Waals surface area (Å²) < 4.78 is 5.61. The molecule has 0 spiro atoms. The van der Waals surface area contributed by atoms with Crippen LogP contribution in [0, 0.1) is 0 Å². The van der Waals surface area contributed by atoms with Gasteiger partial charge in [0.2, 0.25) is 0 Å². The lowest BCUT2D eigenvalue weighted by molar-refractivity contribution is -0.127. The first-order valence-corrected chi connectivity index (χ1v) is 9.38. The summed E-state index contributed by atoms with van der Waals surface area (Å²) in [6.07, 6.45) is 3.56. The average molecular weight is 394 g/mol. The molecule has 1 aliphatic heterocycles. The Morgan fingerprint density at radius 3 is 2.69 bits per heavy atom. The molecule has 1 N–H and O–H groups in total. The van der Waals surface area contributed by atoms with Gasteiger partial charge in [0, 0.05) is 30.9 Å². The number of hydrogen-bond donors (Lipinski definition) is 1. The third kappa shape index (κ3) is 4.80. The Balaban J connectivity index is 1.51. The lowest BCUT2D eigenvalue weighted by atomic mass is 10.2. The van der Waals surface area contributed by atoms with Gasteiger partial charge in [-0.25, -0.2) is 4.98 Å². The van der Waals surface area contributed by atoms with E-state index in [1.165, 1.54) is 12.8 Å². The fraction of sp³-hybridized carbons (Fsp3) is 0.368. The molecule has 0 aliphatic carbocycles. The van der Waals surface area contributed by atoms with Gasteiger partial charge in [-0.15, -0.1) is 0 Å². The Bertz CT molecular complexity index is 762. The average Bonchev–Trinajstić information content (AvgIpc) is 3.17. The van der Waals surface area contributed by atoms with Crippen molar-refractivity contribution < 1.29 is 9.53 Å². The molecule has 7 heteroatoms. The first kappa shape index (κ1) is 18.8. The number of halogens is 2. The molecule has 3 rings (SSSR count). The molecule has 0 unspecified atom stereocenters. The highest BCUT2D eigenvalue weighted by Gasteiger charge is 2.17. The second-order valence-corrected chi connectivity index (χ2v) is 7.12. The number of anilines is 1. The molecule has 5 nitrogen and oxygen atoms in total. The zero-order valence-corrected chi connectivity index (χ0v) is 16.1. The van der Waals surface area contributed by atoms with Crippen LogP contribution < -0.4 is 15.0 Å². The number of benzene rings is 1.